The second kappa shape index (κ2) is 60.5. The Bertz CT molecular complexity index is 1790. The summed E-state index contributed by atoms with van der Waals surface area (Å²) in [5.41, 5.74) is 5.53. The van der Waals surface area contributed by atoms with Crippen LogP contribution < -0.4 is 5.73 Å². The van der Waals surface area contributed by atoms with Crippen molar-refractivity contribution in [3.63, 3.8) is 0 Å². The number of carbonyl (C=O) groups excluding carboxylic acids is 5. The van der Waals surface area contributed by atoms with Crippen LogP contribution in [0.1, 0.15) is 352 Å². The van der Waals surface area contributed by atoms with Crippen LogP contribution in [0.3, 0.4) is 0 Å². The average Bonchev–Trinajstić information content (AvgIpc) is 3.69. The third-order valence-corrected chi connectivity index (χ3v) is 16.2. The molecule has 11 heteroatoms. The van der Waals surface area contributed by atoms with Crippen LogP contribution in [0.2, 0.25) is 0 Å². The third-order valence-electron chi connectivity index (χ3n) is 16.2. The molecule has 1 unspecified atom stereocenters. The summed E-state index contributed by atoms with van der Waals surface area (Å²) in [6.45, 7) is 7.52. The van der Waals surface area contributed by atoms with Gasteiger partial charge in [0.1, 0.15) is 19.8 Å². The van der Waals surface area contributed by atoms with E-state index in [0.29, 0.717) is 31.2 Å². The fourth-order valence-corrected chi connectivity index (χ4v) is 10.5. The first-order chi connectivity index (χ1) is 42.5. The smallest absolute Gasteiger partial charge is 0.308 e. The van der Waals surface area contributed by atoms with Crippen molar-refractivity contribution >= 4 is 35.9 Å². The van der Waals surface area contributed by atoms with Crippen LogP contribution in [0.15, 0.2) is 65.7 Å². The molecule has 0 spiro atoms. The Morgan fingerprint density at radius 1 is 0.402 bits per heavy atom. The molecular formula is C76H130N2O9. The molecule has 2 N–H and O–H groups in total. The van der Waals surface area contributed by atoms with Crippen LogP contribution in [0, 0.1) is 0 Å². The molecule has 0 saturated heterocycles. The van der Waals surface area contributed by atoms with Gasteiger partial charge in [-0.15, -0.1) is 0 Å². The van der Waals surface area contributed by atoms with Crippen molar-refractivity contribution in [3.8, 4) is 0 Å². The largest absolute Gasteiger partial charge is 0.461 e. The van der Waals surface area contributed by atoms with E-state index in [4.69, 9.17) is 24.7 Å². The first-order valence-electron chi connectivity index (χ1n) is 36.1. The molecule has 498 valence electrons. The Morgan fingerprint density at radius 3 is 1.06 bits per heavy atom. The minimum atomic E-state index is -1.76. The summed E-state index contributed by atoms with van der Waals surface area (Å²) in [6, 6.07) is 7.43. The van der Waals surface area contributed by atoms with Gasteiger partial charge in [-0.3, -0.25) is 29.0 Å². The zero-order chi connectivity index (χ0) is 63.2. The molecule has 0 amide bonds. The first kappa shape index (κ1) is 80.6. The van der Waals surface area contributed by atoms with Crippen molar-refractivity contribution in [2.45, 2.75) is 348 Å². The molecule has 0 aliphatic carbocycles. The van der Waals surface area contributed by atoms with Crippen LogP contribution in [0.4, 0.5) is 0 Å². The number of nitrogens with zero attached hydrogens (tertiary/aromatic N) is 1. The monoisotopic (exact) mass is 1210 g/mol. The summed E-state index contributed by atoms with van der Waals surface area (Å²) < 4.78 is 23.7. The van der Waals surface area contributed by atoms with Crippen molar-refractivity contribution in [3.05, 3.63) is 71.8 Å². The van der Waals surface area contributed by atoms with Crippen LogP contribution in [-0.2, 0) is 38.1 Å². The molecule has 0 saturated carbocycles. The van der Waals surface area contributed by atoms with E-state index in [2.05, 4.69) is 62.2 Å². The Labute approximate surface area is 532 Å². The number of ketones is 1. The lowest BCUT2D eigenvalue weighted by molar-refractivity contribution is -0.196. The summed E-state index contributed by atoms with van der Waals surface area (Å²) in [6.07, 6.45) is 64.8. The van der Waals surface area contributed by atoms with Gasteiger partial charge in [0.2, 0.25) is 5.60 Å². The molecule has 0 fully saturated rings. The van der Waals surface area contributed by atoms with Crippen molar-refractivity contribution < 1.29 is 42.9 Å². The second-order valence-electron chi connectivity index (χ2n) is 25.0. The predicted octanol–water partition coefficient (Wildman–Crippen LogP) is 21.0. The number of unbranched alkanes of at least 4 members (excludes halogenated alkanes) is 35. The topological polar surface area (TPSA) is 161 Å². The number of benzene rings is 1. The molecule has 87 heavy (non-hydrogen) atoms. The lowest BCUT2D eigenvalue weighted by Gasteiger charge is -2.32. The number of ether oxygens (including phenoxy) is 4. The van der Waals surface area contributed by atoms with E-state index in [1.54, 1.807) is 18.3 Å². The summed E-state index contributed by atoms with van der Waals surface area (Å²) in [5, 5.41) is 0. The fraction of sp³-hybridized carbons (Fsp3) is 0.763. The van der Waals surface area contributed by atoms with E-state index < -0.39 is 49.3 Å². The standard InChI is InChI=1S/C76H130N2O9/c1-5-8-11-14-17-20-23-26-29-32-35-38-41-44-50-55-72(80)84-65-76(66-85-73(81)56-51-45-42-39-36-33-30-27-24-21-18-15-12-9-6-2,67-86-74(82)57-52-46-43-40-37-34-31-28-25-22-19-16-13-10-7-3)87-75(83)62-63-78-64-69-58-60-70(61-59-69)71(79)54-49-47-48-53-68(4)77/h26-31,58-61,64,68H,5-25,32-57,62-63,65-67,77H2,1-4H3/b29-26-,30-27-,31-28-,78-64?. The lowest BCUT2D eigenvalue weighted by atomic mass is 10.0. The van der Waals surface area contributed by atoms with Crippen molar-refractivity contribution in [1.82, 2.24) is 0 Å². The van der Waals surface area contributed by atoms with Gasteiger partial charge in [-0.1, -0.05) is 248 Å². The second-order valence-corrected chi connectivity index (χ2v) is 25.0. The van der Waals surface area contributed by atoms with Gasteiger partial charge in [-0.2, -0.15) is 0 Å². The molecule has 0 aliphatic rings. The third kappa shape index (κ3) is 53.2. The summed E-state index contributed by atoms with van der Waals surface area (Å²) >= 11 is 0. The summed E-state index contributed by atoms with van der Waals surface area (Å²) in [7, 11) is 0. The van der Waals surface area contributed by atoms with E-state index in [-0.39, 0.29) is 44.1 Å². The average molecular weight is 1220 g/mol. The predicted molar refractivity (Wildman–Crippen MR) is 365 cm³/mol. The Kier molecular flexibility index (Phi) is 56.1. The van der Waals surface area contributed by atoms with Gasteiger partial charge < -0.3 is 24.7 Å². The van der Waals surface area contributed by atoms with Crippen molar-refractivity contribution in [1.29, 1.82) is 0 Å². The maximum Gasteiger partial charge on any atom is 0.308 e. The number of aliphatic imine (C=N–C) groups is 1. The SMILES string of the molecule is CCCCCCCC/C=C\CCCCCCCC(=O)OCC(COC(=O)CCCCCCC/C=C\CCCCCCCC)(COC(=O)CCCCCCC/C=C\CCCCCCCC)OC(=O)CCN=Cc1ccc(C(=O)CCCCCC(C)N)cc1. The maximum absolute atomic E-state index is 13.8. The van der Waals surface area contributed by atoms with Gasteiger partial charge in [0, 0.05) is 50.0 Å². The molecule has 1 atom stereocenters. The highest BCUT2D eigenvalue weighted by atomic mass is 16.6. The summed E-state index contributed by atoms with van der Waals surface area (Å²) in [4.78, 5) is 71.2. The van der Waals surface area contributed by atoms with Crippen LogP contribution in [0.5, 0.6) is 0 Å². The number of carbonyl (C=O) groups is 5. The van der Waals surface area contributed by atoms with E-state index in [9.17, 15) is 24.0 Å². The Hall–Kier alpha value is -4.38. The van der Waals surface area contributed by atoms with Crippen molar-refractivity contribution in [2.24, 2.45) is 10.7 Å². The van der Waals surface area contributed by atoms with Gasteiger partial charge in [-0.25, -0.2) is 0 Å². The van der Waals surface area contributed by atoms with Gasteiger partial charge in [-0.05, 0) is 122 Å². The maximum atomic E-state index is 13.8. The Balaban J connectivity index is 3.00. The van der Waals surface area contributed by atoms with Gasteiger partial charge in [0.25, 0.3) is 0 Å². The van der Waals surface area contributed by atoms with E-state index in [1.807, 2.05) is 19.1 Å². The molecule has 1 aromatic rings. The van der Waals surface area contributed by atoms with E-state index in [0.717, 1.165) is 147 Å². The minimum Gasteiger partial charge on any atom is -0.461 e. The van der Waals surface area contributed by atoms with Crippen LogP contribution >= 0.6 is 0 Å². The zero-order valence-corrected chi connectivity index (χ0v) is 56.4. The van der Waals surface area contributed by atoms with Crippen LogP contribution in [-0.4, -0.2) is 73.9 Å². The number of Topliss-reactive ketones (excluding diaryl/α,β-unsaturated/α-hetero) is 1. The zero-order valence-electron chi connectivity index (χ0n) is 56.4. The molecule has 1 aromatic carbocycles. The van der Waals surface area contributed by atoms with E-state index in [1.165, 1.54) is 116 Å². The molecule has 0 aromatic heterocycles. The lowest BCUT2D eigenvalue weighted by Crippen LogP contribution is -2.50. The van der Waals surface area contributed by atoms with Crippen LogP contribution in [0.25, 0.3) is 0 Å². The van der Waals surface area contributed by atoms with Gasteiger partial charge in [0.15, 0.2) is 5.78 Å². The summed E-state index contributed by atoms with van der Waals surface area (Å²) in [5.74, 6) is -1.93. The number of nitrogens with two attached hydrogens (primary N) is 1. The number of allylic oxidation sites excluding steroid dienone is 6. The van der Waals surface area contributed by atoms with E-state index >= 15 is 0 Å². The minimum absolute atomic E-state index is 0.0802. The molecule has 0 bridgehead atoms. The molecule has 0 heterocycles. The molecule has 0 radical (unpaired) electrons. The number of esters is 4. The normalized spacial score (nSPS) is 12.3. The highest BCUT2D eigenvalue weighted by Crippen LogP contribution is 2.21. The Morgan fingerprint density at radius 2 is 0.713 bits per heavy atom. The van der Waals surface area contributed by atoms with Crippen molar-refractivity contribution in [2.75, 3.05) is 26.4 Å². The molecule has 11 nitrogen and oxygen atoms in total. The highest BCUT2D eigenvalue weighted by Gasteiger charge is 2.40. The van der Waals surface area contributed by atoms with Gasteiger partial charge >= 0.3 is 23.9 Å². The molecule has 1 rings (SSSR count). The highest BCUT2D eigenvalue weighted by molar-refractivity contribution is 5.96. The quantitative estimate of drug-likeness (QED) is 0.0166. The first-order valence-corrected chi connectivity index (χ1v) is 36.1. The fourth-order valence-electron chi connectivity index (χ4n) is 10.5. The molecule has 0 aliphatic heterocycles. The number of hydrogen-bond acceptors (Lipinski definition) is 11. The van der Waals surface area contributed by atoms with Gasteiger partial charge in [0.05, 0.1) is 6.42 Å². The molecular weight excluding hydrogens is 1080 g/mol. The number of rotatable bonds is 63. The number of hydrogen-bond donors (Lipinski definition) is 1.